The SMILES string of the molecule is OCC1C=C[C@@H](O)CO1. The normalized spacial score (nSPS) is 34.9. The highest BCUT2D eigenvalue weighted by Crippen LogP contribution is 2.03. The minimum atomic E-state index is -0.493. The van der Waals surface area contributed by atoms with Gasteiger partial charge in [-0.1, -0.05) is 12.2 Å². The minimum Gasteiger partial charge on any atom is -0.393 e. The Morgan fingerprint density at radius 1 is 1.56 bits per heavy atom. The number of hydrogen-bond donors (Lipinski definition) is 2. The van der Waals surface area contributed by atoms with Gasteiger partial charge in [0.25, 0.3) is 0 Å². The van der Waals surface area contributed by atoms with Crippen LogP contribution in [0.2, 0.25) is 0 Å². The van der Waals surface area contributed by atoms with Gasteiger partial charge in [0.05, 0.1) is 25.4 Å². The quantitative estimate of drug-likeness (QED) is 0.461. The van der Waals surface area contributed by atoms with Crippen LogP contribution in [0, 0.1) is 0 Å². The molecular weight excluding hydrogens is 120 g/mol. The molecule has 0 aromatic rings. The van der Waals surface area contributed by atoms with Crippen molar-refractivity contribution in [2.75, 3.05) is 13.2 Å². The molecule has 2 N–H and O–H groups in total. The van der Waals surface area contributed by atoms with Crippen molar-refractivity contribution >= 4 is 0 Å². The number of aliphatic hydroxyl groups excluding tert-OH is 2. The third-order valence-electron chi connectivity index (χ3n) is 1.21. The Bertz CT molecular complexity index is 111. The second-order valence-corrected chi connectivity index (χ2v) is 2.01. The fourth-order valence-electron chi connectivity index (χ4n) is 0.699. The maximum absolute atomic E-state index is 8.83. The lowest BCUT2D eigenvalue weighted by Gasteiger charge is -2.18. The zero-order valence-electron chi connectivity index (χ0n) is 5.03. The van der Waals surface area contributed by atoms with E-state index >= 15 is 0 Å². The molecular formula is C6H10O3. The molecule has 1 aliphatic rings. The predicted octanol–water partition coefficient (Wildman–Crippen LogP) is -0.705. The highest BCUT2D eigenvalue weighted by atomic mass is 16.5. The van der Waals surface area contributed by atoms with Crippen LogP contribution in [0.15, 0.2) is 12.2 Å². The van der Waals surface area contributed by atoms with Crippen molar-refractivity contribution in [1.82, 2.24) is 0 Å². The first-order valence-electron chi connectivity index (χ1n) is 2.92. The van der Waals surface area contributed by atoms with Crippen molar-refractivity contribution in [2.45, 2.75) is 12.2 Å². The number of hydrogen-bond acceptors (Lipinski definition) is 3. The average Bonchev–Trinajstić information content (AvgIpc) is 1.90. The van der Waals surface area contributed by atoms with Crippen LogP contribution in [0.4, 0.5) is 0 Å². The maximum Gasteiger partial charge on any atom is 0.0988 e. The van der Waals surface area contributed by atoms with Gasteiger partial charge in [-0.25, -0.2) is 0 Å². The fourth-order valence-corrected chi connectivity index (χ4v) is 0.699. The molecule has 0 bridgehead atoms. The van der Waals surface area contributed by atoms with Gasteiger partial charge in [-0.15, -0.1) is 0 Å². The van der Waals surface area contributed by atoms with Gasteiger partial charge in [-0.2, -0.15) is 0 Å². The highest BCUT2D eigenvalue weighted by molar-refractivity contribution is 4.97. The Hall–Kier alpha value is -0.380. The molecule has 1 aliphatic heterocycles. The summed E-state index contributed by atoms with van der Waals surface area (Å²) in [7, 11) is 0. The van der Waals surface area contributed by atoms with E-state index in [2.05, 4.69) is 0 Å². The zero-order chi connectivity index (χ0) is 6.69. The van der Waals surface area contributed by atoms with Crippen LogP contribution >= 0.6 is 0 Å². The van der Waals surface area contributed by atoms with Gasteiger partial charge in [0, 0.05) is 0 Å². The van der Waals surface area contributed by atoms with E-state index in [4.69, 9.17) is 14.9 Å². The van der Waals surface area contributed by atoms with E-state index < -0.39 is 6.10 Å². The Morgan fingerprint density at radius 3 is 2.78 bits per heavy atom. The van der Waals surface area contributed by atoms with Gasteiger partial charge in [0.1, 0.15) is 0 Å². The summed E-state index contributed by atoms with van der Waals surface area (Å²) in [4.78, 5) is 0. The molecule has 52 valence electrons. The van der Waals surface area contributed by atoms with E-state index in [9.17, 15) is 0 Å². The molecule has 9 heavy (non-hydrogen) atoms. The second kappa shape index (κ2) is 2.96. The molecule has 0 fully saturated rings. The van der Waals surface area contributed by atoms with Crippen LogP contribution in [0.1, 0.15) is 0 Å². The first kappa shape index (κ1) is 6.74. The van der Waals surface area contributed by atoms with Gasteiger partial charge < -0.3 is 14.9 Å². The van der Waals surface area contributed by atoms with Crippen molar-refractivity contribution in [1.29, 1.82) is 0 Å². The molecule has 1 rings (SSSR count). The topological polar surface area (TPSA) is 49.7 Å². The lowest BCUT2D eigenvalue weighted by atomic mass is 10.2. The Labute approximate surface area is 53.6 Å². The van der Waals surface area contributed by atoms with Gasteiger partial charge >= 0.3 is 0 Å². The standard InChI is InChI=1S/C6H10O3/c7-3-6-2-1-5(8)4-9-6/h1-2,5-8H,3-4H2/t5-,6?/m1/s1. The highest BCUT2D eigenvalue weighted by Gasteiger charge is 2.11. The molecule has 3 heteroatoms. The summed E-state index contributed by atoms with van der Waals surface area (Å²) in [5.41, 5.74) is 0. The van der Waals surface area contributed by atoms with E-state index in [-0.39, 0.29) is 12.7 Å². The van der Waals surface area contributed by atoms with E-state index in [0.717, 1.165) is 0 Å². The van der Waals surface area contributed by atoms with Crippen molar-refractivity contribution < 1.29 is 14.9 Å². The van der Waals surface area contributed by atoms with Crippen LogP contribution in [0.25, 0.3) is 0 Å². The molecule has 0 spiro atoms. The molecule has 1 heterocycles. The molecule has 1 unspecified atom stereocenters. The lowest BCUT2D eigenvalue weighted by Crippen LogP contribution is -2.26. The lowest BCUT2D eigenvalue weighted by molar-refractivity contribution is -0.00821. The number of ether oxygens (including phenoxy) is 1. The number of aliphatic hydroxyl groups is 2. The van der Waals surface area contributed by atoms with Gasteiger partial charge in [-0.3, -0.25) is 0 Å². The van der Waals surface area contributed by atoms with Crippen LogP contribution < -0.4 is 0 Å². The molecule has 0 saturated carbocycles. The van der Waals surface area contributed by atoms with Crippen molar-refractivity contribution in [3.8, 4) is 0 Å². The summed E-state index contributed by atoms with van der Waals surface area (Å²) in [6, 6.07) is 0. The predicted molar refractivity (Wildman–Crippen MR) is 32.0 cm³/mol. The molecule has 0 radical (unpaired) electrons. The summed E-state index contributed by atoms with van der Waals surface area (Å²) >= 11 is 0. The summed E-state index contributed by atoms with van der Waals surface area (Å²) in [6.07, 6.45) is 2.58. The third-order valence-corrected chi connectivity index (χ3v) is 1.21. The fraction of sp³-hybridized carbons (Fsp3) is 0.667. The van der Waals surface area contributed by atoms with Gasteiger partial charge in [0.15, 0.2) is 0 Å². The van der Waals surface area contributed by atoms with Gasteiger partial charge in [-0.05, 0) is 0 Å². The molecule has 0 aliphatic carbocycles. The largest absolute Gasteiger partial charge is 0.393 e. The van der Waals surface area contributed by atoms with E-state index in [1.54, 1.807) is 12.2 Å². The van der Waals surface area contributed by atoms with Crippen molar-refractivity contribution in [3.63, 3.8) is 0 Å². The Balaban J connectivity index is 2.38. The third kappa shape index (κ3) is 1.78. The van der Waals surface area contributed by atoms with Crippen LogP contribution in [-0.4, -0.2) is 35.6 Å². The Kier molecular flexibility index (Phi) is 2.22. The summed E-state index contributed by atoms with van der Waals surface area (Å²) in [6.45, 7) is 0.283. The maximum atomic E-state index is 8.83. The van der Waals surface area contributed by atoms with Crippen LogP contribution in [0.3, 0.4) is 0 Å². The summed E-state index contributed by atoms with van der Waals surface area (Å²) in [5, 5.41) is 17.3. The van der Waals surface area contributed by atoms with Crippen LogP contribution in [-0.2, 0) is 4.74 Å². The average molecular weight is 130 g/mol. The van der Waals surface area contributed by atoms with E-state index in [0.29, 0.717) is 6.61 Å². The zero-order valence-corrected chi connectivity index (χ0v) is 5.03. The first-order chi connectivity index (χ1) is 4.33. The van der Waals surface area contributed by atoms with E-state index in [1.807, 2.05) is 0 Å². The molecule has 2 atom stereocenters. The monoisotopic (exact) mass is 130 g/mol. The first-order valence-corrected chi connectivity index (χ1v) is 2.92. The second-order valence-electron chi connectivity index (χ2n) is 2.01. The van der Waals surface area contributed by atoms with Gasteiger partial charge in [0.2, 0.25) is 0 Å². The molecule has 0 aromatic heterocycles. The number of rotatable bonds is 1. The Morgan fingerprint density at radius 2 is 2.33 bits per heavy atom. The summed E-state index contributed by atoms with van der Waals surface area (Å²) < 4.78 is 4.95. The van der Waals surface area contributed by atoms with Crippen molar-refractivity contribution in [3.05, 3.63) is 12.2 Å². The van der Waals surface area contributed by atoms with Crippen LogP contribution in [0.5, 0.6) is 0 Å². The smallest absolute Gasteiger partial charge is 0.0988 e. The molecule has 0 aromatic carbocycles. The van der Waals surface area contributed by atoms with E-state index in [1.165, 1.54) is 0 Å². The minimum absolute atomic E-state index is 0.0107. The van der Waals surface area contributed by atoms with Crippen molar-refractivity contribution in [2.24, 2.45) is 0 Å². The molecule has 3 nitrogen and oxygen atoms in total. The molecule has 0 amide bonds. The summed E-state index contributed by atoms with van der Waals surface area (Å²) in [5.74, 6) is 0. The molecule has 0 saturated heterocycles.